The van der Waals surface area contributed by atoms with Crippen LogP contribution in [0.5, 0.6) is 11.5 Å². The van der Waals surface area contributed by atoms with Crippen molar-refractivity contribution in [2.45, 2.75) is 51.0 Å². The van der Waals surface area contributed by atoms with Crippen molar-refractivity contribution in [1.82, 2.24) is 0 Å². The van der Waals surface area contributed by atoms with Crippen LogP contribution in [0.1, 0.15) is 56.7 Å². The van der Waals surface area contributed by atoms with Gasteiger partial charge in [0, 0.05) is 22.7 Å². The minimum absolute atomic E-state index is 0.0196. The molecule has 0 fully saturated rings. The summed E-state index contributed by atoms with van der Waals surface area (Å²) in [5, 5.41) is 10.1. The van der Waals surface area contributed by atoms with Gasteiger partial charge in [-0.05, 0) is 50.8 Å². The first-order valence-corrected chi connectivity index (χ1v) is 10.8. The lowest BCUT2D eigenvalue weighted by atomic mass is 9.68. The van der Waals surface area contributed by atoms with E-state index in [0.29, 0.717) is 11.1 Å². The molecule has 166 valence electrons. The molecule has 2 aromatic rings. The maximum Gasteiger partial charge on any atom is 0.341 e. The third-order valence-electron chi connectivity index (χ3n) is 6.85. The van der Waals surface area contributed by atoms with Gasteiger partial charge < -0.3 is 25.2 Å². The molecule has 2 aromatic carbocycles. The second kappa shape index (κ2) is 6.51. The average Bonchev–Trinajstić information content (AvgIpc) is 2.96. The van der Waals surface area contributed by atoms with Crippen LogP contribution in [0, 0.1) is 0 Å². The first kappa shape index (κ1) is 20.4. The Hall–Kier alpha value is -3.48. The Bertz CT molecular complexity index is 1210. The number of phenolic OH excluding ortho intramolecular Hbond substituents is 1. The van der Waals surface area contributed by atoms with Crippen LogP contribution in [0.25, 0.3) is 0 Å². The summed E-state index contributed by atoms with van der Waals surface area (Å²) in [6.45, 7) is 8.05. The molecule has 3 aliphatic rings. The average molecular weight is 434 g/mol. The standard InChI is InChI=1S/C25H26N2O5/c1-5-31-22(29)19-21(26)32-18-11-14(28)9-10-16(18)25(19)17-8-6-7-15-13(2)12-24(3,4)27(20(15)17)23(25)30/h6-11,13,28H,5,12,26H2,1-4H3. The summed E-state index contributed by atoms with van der Waals surface area (Å²) >= 11 is 0. The summed E-state index contributed by atoms with van der Waals surface area (Å²) in [5.41, 5.74) is 7.28. The van der Waals surface area contributed by atoms with Crippen LogP contribution in [0.2, 0.25) is 0 Å². The number of fused-ring (bicyclic) bond motifs is 3. The lowest BCUT2D eigenvalue weighted by Crippen LogP contribution is -2.55. The number of aromatic hydroxyl groups is 1. The molecule has 1 amide bonds. The van der Waals surface area contributed by atoms with E-state index in [-0.39, 0.29) is 41.4 Å². The maximum atomic E-state index is 14.5. The Morgan fingerprint density at radius 3 is 2.75 bits per heavy atom. The van der Waals surface area contributed by atoms with Gasteiger partial charge in [-0.15, -0.1) is 0 Å². The summed E-state index contributed by atoms with van der Waals surface area (Å²) in [6, 6.07) is 10.4. The molecule has 1 spiro atoms. The molecule has 7 nitrogen and oxygen atoms in total. The second-order valence-corrected chi connectivity index (χ2v) is 9.29. The van der Waals surface area contributed by atoms with Crippen molar-refractivity contribution in [3.8, 4) is 11.5 Å². The SMILES string of the molecule is CCOC(=O)C1=C(N)Oc2cc(O)ccc2C12C(=O)N1c3c(cccc32)C(C)CC1(C)C. The van der Waals surface area contributed by atoms with E-state index in [1.165, 1.54) is 12.1 Å². The summed E-state index contributed by atoms with van der Waals surface area (Å²) < 4.78 is 11.1. The number of hydrogen-bond acceptors (Lipinski definition) is 6. The molecule has 0 aromatic heterocycles. The number of rotatable bonds is 2. The van der Waals surface area contributed by atoms with Gasteiger partial charge in [0.25, 0.3) is 0 Å². The van der Waals surface area contributed by atoms with E-state index in [2.05, 4.69) is 6.92 Å². The quantitative estimate of drug-likeness (QED) is 0.702. The number of hydrogen-bond donors (Lipinski definition) is 2. The summed E-state index contributed by atoms with van der Waals surface area (Å²) in [7, 11) is 0. The number of esters is 1. The van der Waals surface area contributed by atoms with Crippen LogP contribution in [0.4, 0.5) is 5.69 Å². The third-order valence-corrected chi connectivity index (χ3v) is 6.85. The van der Waals surface area contributed by atoms with Crippen LogP contribution >= 0.6 is 0 Å². The molecule has 0 saturated carbocycles. The van der Waals surface area contributed by atoms with Crippen molar-refractivity contribution >= 4 is 17.6 Å². The Morgan fingerprint density at radius 2 is 2.03 bits per heavy atom. The molecule has 7 heteroatoms. The monoisotopic (exact) mass is 434 g/mol. The van der Waals surface area contributed by atoms with Crippen LogP contribution in [0.3, 0.4) is 0 Å². The predicted octanol–water partition coefficient (Wildman–Crippen LogP) is 3.44. The minimum Gasteiger partial charge on any atom is -0.508 e. The number of anilines is 1. The number of carbonyl (C=O) groups is 2. The Morgan fingerprint density at radius 1 is 1.28 bits per heavy atom. The first-order chi connectivity index (χ1) is 15.1. The van der Waals surface area contributed by atoms with Gasteiger partial charge in [0.15, 0.2) is 0 Å². The lowest BCUT2D eigenvalue weighted by Gasteiger charge is -2.44. The molecule has 3 N–H and O–H groups in total. The molecule has 0 saturated heterocycles. The fraction of sp³-hybridized carbons (Fsp3) is 0.360. The summed E-state index contributed by atoms with van der Waals surface area (Å²) in [5.74, 6) is -0.713. The van der Waals surface area contributed by atoms with E-state index >= 15 is 0 Å². The van der Waals surface area contributed by atoms with Gasteiger partial charge in [0.2, 0.25) is 11.8 Å². The fourth-order valence-electron chi connectivity index (χ4n) is 5.78. The Kier molecular flexibility index (Phi) is 4.16. The smallest absolute Gasteiger partial charge is 0.341 e. The maximum absolute atomic E-state index is 14.5. The van der Waals surface area contributed by atoms with Gasteiger partial charge in [0.1, 0.15) is 22.5 Å². The molecule has 32 heavy (non-hydrogen) atoms. The first-order valence-electron chi connectivity index (χ1n) is 10.8. The number of ether oxygens (including phenoxy) is 2. The Labute approximate surface area is 186 Å². The van der Waals surface area contributed by atoms with Crippen molar-refractivity contribution in [1.29, 1.82) is 0 Å². The van der Waals surface area contributed by atoms with E-state index in [4.69, 9.17) is 15.2 Å². The number of amides is 1. The highest BCUT2D eigenvalue weighted by Gasteiger charge is 2.64. The molecule has 2 unspecified atom stereocenters. The van der Waals surface area contributed by atoms with E-state index in [0.717, 1.165) is 17.7 Å². The zero-order valence-electron chi connectivity index (χ0n) is 18.6. The van der Waals surface area contributed by atoms with Crippen molar-refractivity contribution in [2.24, 2.45) is 5.73 Å². The van der Waals surface area contributed by atoms with Crippen LogP contribution < -0.4 is 15.4 Å². The van der Waals surface area contributed by atoms with Crippen molar-refractivity contribution < 1.29 is 24.2 Å². The highest BCUT2D eigenvalue weighted by atomic mass is 16.5. The van der Waals surface area contributed by atoms with Gasteiger partial charge in [-0.1, -0.05) is 25.1 Å². The number of carbonyl (C=O) groups excluding carboxylic acids is 2. The zero-order valence-corrected chi connectivity index (χ0v) is 18.6. The van der Waals surface area contributed by atoms with Gasteiger partial charge in [-0.25, -0.2) is 4.79 Å². The molecule has 0 aliphatic carbocycles. The van der Waals surface area contributed by atoms with E-state index in [9.17, 15) is 14.7 Å². The minimum atomic E-state index is -1.52. The normalized spacial score (nSPS) is 24.8. The summed E-state index contributed by atoms with van der Waals surface area (Å²) in [6.07, 6.45) is 0.776. The lowest BCUT2D eigenvalue weighted by molar-refractivity contribution is -0.141. The van der Waals surface area contributed by atoms with Crippen LogP contribution in [-0.2, 0) is 19.7 Å². The number of nitrogens with two attached hydrogens (primary N) is 1. The topological polar surface area (TPSA) is 102 Å². The predicted molar refractivity (Wildman–Crippen MR) is 118 cm³/mol. The molecule has 0 radical (unpaired) electrons. The third kappa shape index (κ3) is 2.36. The molecule has 0 bridgehead atoms. The number of phenols is 1. The zero-order chi connectivity index (χ0) is 23.0. The molecule has 3 aliphatic heterocycles. The molecule has 5 rings (SSSR count). The molecular weight excluding hydrogens is 408 g/mol. The van der Waals surface area contributed by atoms with Crippen molar-refractivity contribution in [3.63, 3.8) is 0 Å². The number of para-hydroxylation sites is 1. The fourth-order valence-corrected chi connectivity index (χ4v) is 5.78. The number of nitrogens with zero attached hydrogens (tertiary/aromatic N) is 1. The highest BCUT2D eigenvalue weighted by Crippen LogP contribution is 2.61. The van der Waals surface area contributed by atoms with Gasteiger partial charge in [-0.3, -0.25) is 4.79 Å². The van der Waals surface area contributed by atoms with E-state index in [1.807, 2.05) is 36.9 Å². The van der Waals surface area contributed by atoms with Gasteiger partial charge in [0.05, 0.1) is 12.3 Å². The second-order valence-electron chi connectivity index (χ2n) is 9.29. The van der Waals surface area contributed by atoms with Gasteiger partial charge in [-0.2, -0.15) is 0 Å². The molecule has 2 atom stereocenters. The van der Waals surface area contributed by atoms with Crippen LogP contribution in [-0.4, -0.2) is 29.1 Å². The van der Waals surface area contributed by atoms with Crippen LogP contribution in [0.15, 0.2) is 47.9 Å². The number of benzene rings is 2. The Balaban J connectivity index is 1.93. The van der Waals surface area contributed by atoms with E-state index in [1.54, 1.807) is 13.0 Å². The largest absolute Gasteiger partial charge is 0.508 e. The van der Waals surface area contributed by atoms with E-state index < -0.39 is 16.9 Å². The molecule has 3 heterocycles. The van der Waals surface area contributed by atoms with Crippen molar-refractivity contribution in [3.05, 3.63) is 64.5 Å². The van der Waals surface area contributed by atoms with Crippen molar-refractivity contribution in [2.75, 3.05) is 11.5 Å². The van der Waals surface area contributed by atoms with Gasteiger partial charge >= 0.3 is 5.97 Å². The highest BCUT2D eigenvalue weighted by molar-refractivity contribution is 6.19. The molecular formula is C25H26N2O5. The summed E-state index contributed by atoms with van der Waals surface area (Å²) in [4.78, 5) is 29.6.